The summed E-state index contributed by atoms with van der Waals surface area (Å²) in [7, 11) is 0. The zero-order valence-electron chi connectivity index (χ0n) is 14.8. The van der Waals surface area contributed by atoms with E-state index >= 15 is 0 Å². The van der Waals surface area contributed by atoms with Crippen LogP contribution < -0.4 is 5.32 Å². The Balaban J connectivity index is 1.35. The number of nitrogens with zero attached hydrogens (tertiary/aromatic N) is 3. The van der Waals surface area contributed by atoms with Gasteiger partial charge in [-0.05, 0) is 50.4 Å². The molecule has 2 heterocycles. The Morgan fingerprint density at radius 1 is 1.20 bits per heavy atom. The first kappa shape index (κ1) is 17.7. The first-order chi connectivity index (χ1) is 12.3. The normalized spacial score (nSPS) is 18.2. The zero-order chi connectivity index (χ0) is 17.3. The summed E-state index contributed by atoms with van der Waals surface area (Å²) in [6.07, 6.45) is 8.67. The van der Waals surface area contributed by atoms with Crippen LogP contribution in [0.2, 0.25) is 0 Å². The Morgan fingerprint density at radius 2 is 2.08 bits per heavy atom. The van der Waals surface area contributed by atoms with E-state index in [1.807, 2.05) is 12.3 Å². The third kappa shape index (κ3) is 6.02. The van der Waals surface area contributed by atoms with Gasteiger partial charge in [-0.2, -0.15) is 5.10 Å². The number of nitrogens with one attached hydrogen (secondary N) is 1. The van der Waals surface area contributed by atoms with Crippen molar-refractivity contribution in [3.05, 3.63) is 54.4 Å². The lowest BCUT2D eigenvalue weighted by atomic mass is 10.0. The van der Waals surface area contributed by atoms with Gasteiger partial charge in [0.15, 0.2) is 0 Å². The fourth-order valence-corrected chi connectivity index (χ4v) is 3.48. The number of hydrogen-bond acceptors (Lipinski definition) is 3. The fourth-order valence-electron chi connectivity index (χ4n) is 3.48. The van der Waals surface area contributed by atoms with Crippen molar-refractivity contribution in [3.8, 4) is 0 Å². The Labute approximate surface area is 150 Å². The summed E-state index contributed by atoms with van der Waals surface area (Å²) in [6.45, 7) is 3.87. The van der Waals surface area contributed by atoms with Crippen LogP contribution in [0.3, 0.4) is 0 Å². The van der Waals surface area contributed by atoms with Gasteiger partial charge < -0.3 is 10.2 Å². The van der Waals surface area contributed by atoms with E-state index in [0.29, 0.717) is 13.0 Å². The summed E-state index contributed by atoms with van der Waals surface area (Å²) in [5, 5.41) is 7.33. The summed E-state index contributed by atoms with van der Waals surface area (Å²) >= 11 is 0. The standard InChI is InChI=1S/C20H28N4O/c25-20(11-16-24-15-6-12-21-24)22-19-10-5-14-23(17-19)13-4-9-18-7-2-1-3-8-18/h1-3,6-8,12,15,19H,4-5,9-11,13-14,16-17H2,(H,22,25)/t19-/m1/s1. The van der Waals surface area contributed by atoms with Gasteiger partial charge in [0.1, 0.15) is 0 Å². The number of amides is 1. The molecule has 5 nitrogen and oxygen atoms in total. The summed E-state index contributed by atoms with van der Waals surface area (Å²) < 4.78 is 1.80. The number of aryl methyl sites for hydroxylation is 2. The van der Waals surface area contributed by atoms with E-state index in [2.05, 4.69) is 45.6 Å². The van der Waals surface area contributed by atoms with Crippen LogP contribution >= 0.6 is 0 Å². The Bertz CT molecular complexity index is 626. The Hall–Kier alpha value is -2.14. The molecule has 1 atom stereocenters. The highest BCUT2D eigenvalue weighted by molar-refractivity contribution is 5.76. The predicted molar refractivity (Wildman–Crippen MR) is 99.2 cm³/mol. The maximum absolute atomic E-state index is 12.1. The van der Waals surface area contributed by atoms with Crippen LogP contribution in [0.15, 0.2) is 48.8 Å². The lowest BCUT2D eigenvalue weighted by Gasteiger charge is -2.33. The number of rotatable bonds is 8. The maximum atomic E-state index is 12.1. The van der Waals surface area contributed by atoms with E-state index in [0.717, 1.165) is 38.9 Å². The minimum atomic E-state index is 0.131. The molecule has 1 amide bonds. The molecule has 0 saturated carbocycles. The number of likely N-dealkylation sites (tertiary alicyclic amines) is 1. The number of carbonyl (C=O) groups excluding carboxylic acids is 1. The van der Waals surface area contributed by atoms with Crippen LogP contribution in [-0.2, 0) is 17.8 Å². The molecule has 134 valence electrons. The highest BCUT2D eigenvalue weighted by Gasteiger charge is 2.20. The molecule has 1 aliphatic heterocycles. The number of hydrogen-bond donors (Lipinski definition) is 1. The third-order valence-corrected chi connectivity index (χ3v) is 4.78. The molecule has 1 aromatic heterocycles. The molecule has 0 unspecified atom stereocenters. The van der Waals surface area contributed by atoms with Gasteiger partial charge >= 0.3 is 0 Å². The van der Waals surface area contributed by atoms with Gasteiger partial charge in [0, 0.05) is 37.9 Å². The molecular weight excluding hydrogens is 312 g/mol. The largest absolute Gasteiger partial charge is 0.352 e. The van der Waals surface area contributed by atoms with Crippen LogP contribution in [0.4, 0.5) is 0 Å². The minimum Gasteiger partial charge on any atom is -0.352 e. The monoisotopic (exact) mass is 340 g/mol. The van der Waals surface area contributed by atoms with Crippen LogP contribution in [0.5, 0.6) is 0 Å². The van der Waals surface area contributed by atoms with Crippen molar-refractivity contribution in [2.75, 3.05) is 19.6 Å². The van der Waals surface area contributed by atoms with Gasteiger partial charge in [0.25, 0.3) is 0 Å². The molecule has 0 aliphatic carbocycles. The van der Waals surface area contributed by atoms with E-state index in [-0.39, 0.29) is 11.9 Å². The highest BCUT2D eigenvalue weighted by atomic mass is 16.1. The van der Waals surface area contributed by atoms with Crippen LogP contribution in [0.1, 0.15) is 31.2 Å². The van der Waals surface area contributed by atoms with Gasteiger partial charge in [0.2, 0.25) is 5.91 Å². The number of aromatic nitrogens is 2. The van der Waals surface area contributed by atoms with Gasteiger partial charge in [0.05, 0.1) is 0 Å². The van der Waals surface area contributed by atoms with E-state index < -0.39 is 0 Å². The molecule has 1 N–H and O–H groups in total. The molecule has 0 spiro atoms. The summed E-state index contributed by atoms with van der Waals surface area (Å²) in [4.78, 5) is 14.6. The van der Waals surface area contributed by atoms with Crippen LogP contribution in [-0.4, -0.2) is 46.3 Å². The average molecular weight is 340 g/mol. The molecule has 1 saturated heterocycles. The molecule has 0 radical (unpaired) electrons. The average Bonchev–Trinajstić information content (AvgIpc) is 3.15. The number of piperidine rings is 1. The fraction of sp³-hybridized carbons (Fsp3) is 0.500. The van der Waals surface area contributed by atoms with Crippen molar-refractivity contribution < 1.29 is 4.79 Å². The topological polar surface area (TPSA) is 50.2 Å². The summed E-state index contributed by atoms with van der Waals surface area (Å²) in [5.74, 6) is 0.131. The minimum absolute atomic E-state index is 0.131. The second-order valence-corrected chi connectivity index (χ2v) is 6.82. The first-order valence-corrected chi connectivity index (χ1v) is 9.33. The van der Waals surface area contributed by atoms with Crippen molar-refractivity contribution in [3.63, 3.8) is 0 Å². The van der Waals surface area contributed by atoms with E-state index in [4.69, 9.17) is 0 Å². The summed E-state index contributed by atoms with van der Waals surface area (Å²) in [6, 6.07) is 12.8. The first-order valence-electron chi connectivity index (χ1n) is 9.33. The van der Waals surface area contributed by atoms with Crippen LogP contribution in [0.25, 0.3) is 0 Å². The second-order valence-electron chi connectivity index (χ2n) is 6.82. The van der Waals surface area contributed by atoms with E-state index in [1.54, 1.807) is 10.9 Å². The van der Waals surface area contributed by atoms with Crippen molar-refractivity contribution in [1.82, 2.24) is 20.0 Å². The van der Waals surface area contributed by atoms with Crippen molar-refractivity contribution in [2.45, 2.75) is 44.7 Å². The van der Waals surface area contributed by atoms with E-state index in [9.17, 15) is 4.79 Å². The number of benzene rings is 1. The van der Waals surface area contributed by atoms with E-state index in [1.165, 1.54) is 12.0 Å². The zero-order valence-corrected chi connectivity index (χ0v) is 14.8. The summed E-state index contributed by atoms with van der Waals surface area (Å²) in [5.41, 5.74) is 1.41. The lowest BCUT2D eigenvalue weighted by Crippen LogP contribution is -2.48. The highest BCUT2D eigenvalue weighted by Crippen LogP contribution is 2.12. The van der Waals surface area contributed by atoms with Gasteiger partial charge in [-0.3, -0.25) is 9.48 Å². The quantitative estimate of drug-likeness (QED) is 0.803. The molecule has 2 aromatic rings. The van der Waals surface area contributed by atoms with Gasteiger partial charge in [-0.25, -0.2) is 0 Å². The Kier molecular flexibility index (Phi) is 6.63. The lowest BCUT2D eigenvalue weighted by molar-refractivity contribution is -0.122. The van der Waals surface area contributed by atoms with Crippen molar-refractivity contribution in [2.24, 2.45) is 0 Å². The molecule has 0 bridgehead atoms. The Morgan fingerprint density at radius 3 is 2.88 bits per heavy atom. The molecule has 1 aliphatic rings. The van der Waals surface area contributed by atoms with Gasteiger partial charge in [-0.15, -0.1) is 0 Å². The molecule has 1 aromatic carbocycles. The SMILES string of the molecule is O=C(CCn1cccn1)N[C@@H]1CCCN(CCCc2ccccc2)C1. The molecular formula is C20H28N4O. The van der Waals surface area contributed by atoms with Crippen LogP contribution in [0, 0.1) is 0 Å². The maximum Gasteiger partial charge on any atom is 0.222 e. The smallest absolute Gasteiger partial charge is 0.222 e. The second kappa shape index (κ2) is 9.37. The predicted octanol–water partition coefficient (Wildman–Crippen LogP) is 2.49. The van der Waals surface area contributed by atoms with Gasteiger partial charge in [-0.1, -0.05) is 30.3 Å². The molecule has 5 heteroatoms. The molecule has 3 rings (SSSR count). The van der Waals surface area contributed by atoms with Crippen molar-refractivity contribution >= 4 is 5.91 Å². The number of carbonyl (C=O) groups is 1. The molecule has 25 heavy (non-hydrogen) atoms. The molecule has 1 fully saturated rings. The third-order valence-electron chi connectivity index (χ3n) is 4.78. The van der Waals surface area contributed by atoms with Crippen molar-refractivity contribution in [1.29, 1.82) is 0 Å².